The standard InChI is InChI=1S/C14H18NO4.3C4H9.Sn/c1-14(2,3)19-13(17)15-9-10-5-7-11(8-6-10)12(16)18-4;3*1-3-4-2;/h5-9H,1-4H3,(H,15,17);3*1,3-4H2,2H3;. The topological polar surface area (TPSA) is 64.6 Å². The van der Waals surface area contributed by atoms with Crippen molar-refractivity contribution in [1.29, 1.82) is 0 Å². The number of unbranched alkanes of at least 4 members (excludes halogenated alkanes) is 3. The fraction of sp³-hybridized carbons (Fsp3) is 0.692. The first kappa shape index (κ1) is 28.8. The molecule has 0 saturated heterocycles. The van der Waals surface area contributed by atoms with Crippen LogP contribution in [0.3, 0.4) is 0 Å². The van der Waals surface area contributed by atoms with Gasteiger partial charge in [-0.1, -0.05) is 0 Å². The zero-order chi connectivity index (χ0) is 24.2. The Morgan fingerprint density at radius 1 is 0.906 bits per heavy atom. The molecule has 1 amide bonds. The Balaban J connectivity index is 3.46. The number of carbonyl (C=O) groups excluding carboxylic acids is 2. The van der Waals surface area contributed by atoms with Gasteiger partial charge in [0.1, 0.15) is 0 Å². The van der Waals surface area contributed by atoms with Crippen LogP contribution < -0.4 is 5.32 Å². The monoisotopic (exact) mass is 555 g/mol. The van der Waals surface area contributed by atoms with Gasteiger partial charge in [-0.3, -0.25) is 0 Å². The van der Waals surface area contributed by atoms with E-state index in [0.29, 0.717) is 5.56 Å². The predicted molar refractivity (Wildman–Crippen MR) is 135 cm³/mol. The molecule has 1 aromatic rings. The average molecular weight is 554 g/mol. The Labute approximate surface area is 199 Å². The van der Waals surface area contributed by atoms with Gasteiger partial charge in [-0.25, -0.2) is 0 Å². The van der Waals surface area contributed by atoms with Crippen molar-refractivity contribution in [3.63, 3.8) is 0 Å². The van der Waals surface area contributed by atoms with E-state index in [1.165, 1.54) is 39.7 Å². The van der Waals surface area contributed by atoms with Crippen LogP contribution in [0.1, 0.15) is 100 Å². The Morgan fingerprint density at radius 2 is 1.38 bits per heavy atom. The number of hydrogen-bond acceptors (Lipinski definition) is 4. The molecule has 0 aromatic heterocycles. The van der Waals surface area contributed by atoms with Crippen molar-refractivity contribution in [2.45, 2.75) is 103 Å². The quantitative estimate of drug-likeness (QED) is 0.204. The molecule has 0 radical (unpaired) electrons. The number of esters is 1. The van der Waals surface area contributed by atoms with Crippen molar-refractivity contribution in [3.05, 3.63) is 35.4 Å². The molecule has 1 N–H and O–H groups in total. The molecule has 182 valence electrons. The molecule has 5 nitrogen and oxygen atoms in total. The van der Waals surface area contributed by atoms with Crippen molar-refractivity contribution in [1.82, 2.24) is 5.32 Å². The van der Waals surface area contributed by atoms with E-state index in [9.17, 15) is 9.59 Å². The van der Waals surface area contributed by atoms with Gasteiger partial charge in [0.05, 0.1) is 0 Å². The summed E-state index contributed by atoms with van der Waals surface area (Å²) in [6.45, 7) is 12.4. The SMILES string of the molecule is CCC[CH2][Sn]([CH2]CCC)([CH2]CCC)[CH](NC(=O)OC(C)(C)C)c1ccc(C(=O)OC)cc1. The summed E-state index contributed by atoms with van der Waals surface area (Å²) in [5.74, 6) is -0.342. The molecule has 1 atom stereocenters. The van der Waals surface area contributed by atoms with Gasteiger partial charge in [0.15, 0.2) is 0 Å². The molecule has 32 heavy (non-hydrogen) atoms. The van der Waals surface area contributed by atoms with E-state index in [4.69, 9.17) is 9.47 Å². The van der Waals surface area contributed by atoms with Crippen LogP contribution in [0, 0.1) is 0 Å². The van der Waals surface area contributed by atoms with Crippen molar-refractivity contribution in [3.8, 4) is 0 Å². The third-order valence-electron chi connectivity index (χ3n) is 6.02. The number of rotatable bonds is 13. The van der Waals surface area contributed by atoms with Gasteiger partial charge in [-0.2, -0.15) is 0 Å². The molecule has 1 unspecified atom stereocenters. The van der Waals surface area contributed by atoms with Crippen LogP contribution in [0.2, 0.25) is 13.3 Å². The van der Waals surface area contributed by atoms with Gasteiger partial charge in [-0.05, 0) is 0 Å². The Morgan fingerprint density at radius 3 is 1.75 bits per heavy atom. The minimum atomic E-state index is -2.91. The molecule has 0 fully saturated rings. The second-order valence-corrected chi connectivity index (χ2v) is 23.6. The summed E-state index contributed by atoms with van der Waals surface area (Å²) in [5, 5.41) is 3.34. The fourth-order valence-electron chi connectivity index (χ4n) is 4.34. The third-order valence-corrected chi connectivity index (χ3v) is 22.4. The van der Waals surface area contributed by atoms with Gasteiger partial charge in [-0.15, -0.1) is 0 Å². The van der Waals surface area contributed by atoms with Gasteiger partial charge in [0.2, 0.25) is 0 Å². The van der Waals surface area contributed by atoms with Crippen molar-refractivity contribution in [2.75, 3.05) is 7.11 Å². The van der Waals surface area contributed by atoms with Crippen LogP contribution in [-0.4, -0.2) is 43.2 Å². The molecule has 1 rings (SSSR count). The molecule has 0 aliphatic carbocycles. The van der Waals surface area contributed by atoms with E-state index in [-0.39, 0.29) is 16.1 Å². The molecule has 0 aliphatic heterocycles. The third kappa shape index (κ3) is 9.32. The second kappa shape index (κ2) is 14.1. The molecule has 0 saturated carbocycles. The Hall–Kier alpha value is -1.24. The molecule has 0 bridgehead atoms. The molecule has 0 aliphatic rings. The summed E-state index contributed by atoms with van der Waals surface area (Å²) in [6.07, 6.45) is 6.76. The van der Waals surface area contributed by atoms with Crippen LogP contribution in [-0.2, 0) is 9.47 Å². The summed E-state index contributed by atoms with van der Waals surface area (Å²) in [4.78, 5) is 24.9. The fourth-order valence-corrected chi connectivity index (χ4v) is 21.8. The summed E-state index contributed by atoms with van der Waals surface area (Å²) >= 11 is -2.91. The van der Waals surface area contributed by atoms with Crippen LogP contribution >= 0.6 is 0 Å². The first-order valence-electron chi connectivity index (χ1n) is 12.3. The van der Waals surface area contributed by atoms with Gasteiger partial charge < -0.3 is 0 Å². The zero-order valence-corrected chi connectivity index (χ0v) is 24.2. The molecular weight excluding hydrogens is 509 g/mol. The van der Waals surface area contributed by atoms with E-state index in [1.54, 1.807) is 0 Å². The second-order valence-electron chi connectivity index (χ2n) is 9.87. The number of methoxy groups -OCH3 is 1. The van der Waals surface area contributed by atoms with Crippen molar-refractivity contribution < 1.29 is 19.1 Å². The van der Waals surface area contributed by atoms with Crippen LogP contribution in [0.15, 0.2) is 24.3 Å². The summed E-state index contributed by atoms with van der Waals surface area (Å²) in [6, 6.07) is 7.65. The van der Waals surface area contributed by atoms with E-state index in [0.717, 1.165) is 24.8 Å². The predicted octanol–water partition coefficient (Wildman–Crippen LogP) is 7.43. The Bertz CT molecular complexity index is 675. The number of ether oxygens (including phenoxy) is 2. The van der Waals surface area contributed by atoms with E-state index in [1.807, 2.05) is 45.0 Å². The molecule has 1 aromatic carbocycles. The minimum absolute atomic E-state index is 0.0236. The maximum atomic E-state index is 13.0. The van der Waals surface area contributed by atoms with Gasteiger partial charge in [0, 0.05) is 0 Å². The number of nitrogens with one attached hydrogen (secondary N) is 1. The molecular formula is C26H45NO4Sn. The van der Waals surface area contributed by atoms with Gasteiger partial charge >= 0.3 is 200 Å². The van der Waals surface area contributed by atoms with Crippen LogP contribution in [0.25, 0.3) is 0 Å². The van der Waals surface area contributed by atoms with Crippen LogP contribution in [0.5, 0.6) is 0 Å². The summed E-state index contributed by atoms with van der Waals surface area (Å²) < 4.78 is 14.3. The van der Waals surface area contributed by atoms with E-state index in [2.05, 4.69) is 26.1 Å². The molecule has 0 heterocycles. The number of amides is 1. The van der Waals surface area contributed by atoms with Crippen LogP contribution in [0.4, 0.5) is 4.79 Å². The summed E-state index contributed by atoms with van der Waals surface area (Å²) in [5.41, 5.74) is 1.09. The van der Waals surface area contributed by atoms with E-state index >= 15 is 0 Å². The number of alkyl carbamates (subject to hydrolysis) is 1. The maximum absolute atomic E-state index is 13.0. The number of hydrogen-bond donors (Lipinski definition) is 1. The Kier molecular flexibility index (Phi) is 12.7. The number of carbonyl (C=O) groups is 2. The normalized spacial score (nSPS) is 12.8. The molecule has 0 spiro atoms. The van der Waals surface area contributed by atoms with Crippen molar-refractivity contribution in [2.24, 2.45) is 0 Å². The molecule has 6 heteroatoms. The first-order chi connectivity index (χ1) is 15.1. The zero-order valence-electron chi connectivity index (χ0n) is 21.4. The van der Waals surface area contributed by atoms with Gasteiger partial charge in [0.25, 0.3) is 0 Å². The number of benzene rings is 1. The average Bonchev–Trinajstić information content (AvgIpc) is 2.76. The van der Waals surface area contributed by atoms with Crippen molar-refractivity contribution >= 4 is 30.4 Å². The van der Waals surface area contributed by atoms with E-state index < -0.39 is 24.0 Å². The summed E-state index contributed by atoms with van der Waals surface area (Å²) in [7, 11) is 1.39. The first-order valence-corrected chi connectivity index (χ1v) is 20.0.